The van der Waals surface area contributed by atoms with Crippen molar-refractivity contribution in [1.29, 1.82) is 0 Å². The molecule has 1 aliphatic rings. The summed E-state index contributed by atoms with van der Waals surface area (Å²) in [4.78, 5) is 25.6. The minimum atomic E-state index is -0.333. The number of halogens is 1. The van der Waals surface area contributed by atoms with Crippen molar-refractivity contribution in [1.82, 2.24) is 10.1 Å². The molecule has 5 nitrogen and oxygen atoms in total. The first-order valence-corrected chi connectivity index (χ1v) is 7.67. The van der Waals surface area contributed by atoms with Crippen LogP contribution in [0.4, 0.5) is 4.39 Å². The maximum Gasteiger partial charge on any atom is 0.222 e. The second-order valence-electron chi connectivity index (χ2n) is 5.59. The molecule has 0 N–H and O–H groups in total. The lowest BCUT2D eigenvalue weighted by Gasteiger charge is -2.30. The van der Waals surface area contributed by atoms with Gasteiger partial charge in [-0.1, -0.05) is 5.16 Å². The van der Waals surface area contributed by atoms with Gasteiger partial charge in [0.25, 0.3) is 0 Å². The smallest absolute Gasteiger partial charge is 0.222 e. The van der Waals surface area contributed by atoms with E-state index in [9.17, 15) is 14.0 Å². The first kappa shape index (κ1) is 15.4. The Balaban J connectivity index is 1.53. The second-order valence-corrected chi connectivity index (χ2v) is 5.59. The number of rotatable bonds is 6. The number of Topliss-reactive ketones (excluding diaryl/α,β-unsaturated/α-hetero) is 1. The predicted octanol–water partition coefficient (Wildman–Crippen LogP) is 3.07. The van der Waals surface area contributed by atoms with Gasteiger partial charge in [-0.25, -0.2) is 4.39 Å². The number of carbonyl (C=O) groups is 2. The Morgan fingerprint density at radius 1 is 1.17 bits per heavy atom. The minimum Gasteiger partial charge on any atom is -0.352 e. The van der Waals surface area contributed by atoms with Gasteiger partial charge in [0.2, 0.25) is 17.5 Å². The van der Waals surface area contributed by atoms with Crippen LogP contribution in [-0.2, 0) is 4.79 Å². The fourth-order valence-corrected chi connectivity index (χ4v) is 2.41. The molecule has 3 rings (SSSR count). The van der Waals surface area contributed by atoms with E-state index in [1.165, 1.54) is 12.1 Å². The van der Waals surface area contributed by atoms with Crippen LogP contribution in [0.1, 0.15) is 36.2 Å². The average molecular weight is 316 g/mol. The first-order chi connectivity index (χ1) is 11.1. The molecule has 1 fully saturated rings. The number of likely N-dealkylation sites (tertiary alicyclic amines) is 1. The number of nitrogens with zero attached hydrogens (tertiary/aromatic N) is 2. The van der Waals surface area contributed by atoms with E-state index in [0.717, 1.165) is 19.5 Å². The molecule has 0 spiro atoms. The van der Waals surface area contributed by atoms with Gasteiger partial charge in [-0.15, -0.1) is 0 Å². The number of hydrogen-bond acceptors (Lipinski definition) is 4. The number of amides is 1. The van der Waals surface area contributed by atoms with E-state index in [-0.39, 0.29) is 29.7 Å². The quantitative estimate of drug-likeness (QED) is 0.768. The van der Waals surface area contributed by atoms with Crippen molar-refractivity contribution in [2.45, 2.75) is 25.7 Å². The van der Waals surface area contributed by atoms with Gasteiger partial charge in [-0.05, 0) is 37.1 Å². The summed E-state index contributed by atoms with van der Waals surface area (Å²) in [7, 11) is 0. The maximum atomic E-state index is 12.9. The van der Waals surface area contributed by atoms with Crippen LogP contribution in [0.2, 0.25) is 0 Å². The molecule has 1 amide bonds. The van der Waals surface area contributed by atoms with E-state index >= 15 is 0 Å². The van der Waals surface area contributed by atoms with Crippen molar-refractivity contribution in [3.8, 4) is 11.3 Å². The Kier molecular flexibility index (Phi) is 4.50. The number of benzene rings is 1. The predicted molar refractivity (Wildman–Crippen MR) is 81.3 cm³/mol. The lowest BCUT2D eigenvalue weighted by molar-refractivity contribution is -0.134. The van der Waals surface area contributed by atoms with Crippen molar-refractivity contribution in [2.75, 3.05) is 13.1 Å². The molecule has 0 saturated carbocycles. The van der Waals surface area contributed by atoms with Gasteiger partial charge < -0.3 is 9.42 Å². The third-order valence-corrected chi connectivity index (χ3v) is 3.93. The summed E-state index contributed by atoms with van der Waals surface area (Å²) in [5, 5.41) is 3.84. The van der Waals surface area contributed by atoms with Gasteiger partial charge in [0.1, 0.15) is 11.5 Å². The number of carbonyl (C=O) groups excluding carboxylic acids is 2. The molecule has 0 unspecified atom stereocenters. The summed E-state index contributed by atoms with van der Waals surface area (Å²) in [5.74, 6) is -0.239. The third kappa shape index (κ3) is 3.64. The van der Waals surface area contributed by atoms with E-state index in [0.29, 0.717) is 24.1 Å². The van der Waals surface area contributed by atoms with Gasteiger partial charge in [-0.3, -0.25) is 9.59 Å². The molecule has 1 aromatic heterocycles. The molecule has 120 valence electrons. The van der Waals surface area contributed by atoms with Crippen LogP contribution in [-0.4, -0.2) is 34.8 Å². The fourth-order valence-electron chi connectivity index (χ4n) is 2.41. The first-order valence-electron chi connectivity index (χ1n) is 7.67. The van der Waals surface area contributed by atoms with E-state index in [1.54, 1.807) is 23.1 Å². The minimum absolute atomic E-state index is 0.105. The Morgan fingerprint density at radius 2 is 1.91 bits per heavy atom. The Bertz CT molecular complexity index is 705. The standard InChI is InChI=1S/C17H17FN2O3/c18-13-7-5-12(6-8-13)14-11-16(23-19-14)15(21)3-1-4-17(22)20-9-2-10-20/h5-8,11H,1-4,9-10H2. The van der Waals surface area contributed by atoms with E-state index < -0.39 is 0 Å². The van der Waals surface area contributed by atoms with Gasteiger partial charge in [0, 0.05) is 37.6 Å². The molecule has 1 saturated heterocycles. The zero-order valence-electron chi connectivity index (χ0n) is 12.6. The van der Waals surface area contributed by atoms with Gasteiger partial charge in [0.05, 0.1) is 0 Å². The maximum absolute atomic E-state index is 12.9. The number of aromatic nitrogens is 1. The number of ketones is 1. The zero-order chi connectivity index (χ0) is 16.2. The number of hydrogen-bond donors (Lipinski definition) is 0. The van der Waals surface area contributed by atoms with Crippen LogP contribution in [0.5, 0.6) is 0 Å². The summed E-state index contributed by atoms with van der Waals surface area (Å²) in [6, 6.07) is 7.35. The molecular formula is C17H17FN2O3. The Hall–Kier alpha value is -2.50. The molecule has 2 aromatic rings. The molecule has 23 heavy (non-hydrogen) atoms. The molecule has 6 heteroatoms. The van der Waals surface area contributed by atoms with Crippen molar-refractivity contribution in [3.63, 3.8) is 0 Å². The molecule has 0 radical (unpaired) electrons. The highest BCUT2D eigenvalue weighted by Crippen LogP contribution is 2.20. The van der Waals surface area contributed by atoms with E-state index in [1.807, 2.05) is 0 Å². The van der Waals surface area contributed by atoms with Crippen LogP contribution in [0, 0.1) is 5.82 Å². The van der Waals surface area contributed by atoms with Crippen LogP contribution in [0.25, 0.3) is 11.3 Å². The molecule has 1 aliphatic heterocycles. The lowest BCUT2D eigenvalue weighted by Crippen LogP contribution is -2.41. The summed E-state index contributed by atoms with van der Waals surface area (Å²) in [6.07, 6.45) is 2.19. The topological polar surface area (TPSA) is 63.4 Å². The van der Waals surface area contributed by atoms with Crippen LogP contribution in [0.3, 0.4) is 0 Å². The molecule has 2 heterocycles. The SMILES string of the molecule is O=C(CCCC(=O)N1CCC1)c1cc(-c2ccc(F)cc2)no1. The van der Waals surface area contributed by atoms with Crippen LogP contribution < -0.4 is 0 Å². The fraction of sp³-hybridized carbons (Fsp3) is 0.353. The summed E-state index contributed by atoms with van der Waals surface area (Å²) < 4.78 is 18.0. The van der Waals surface area contributed by atoms with Crippen molar-refractivity contribution in [2.24, 2.45) is 0 Å². The zero-order valence-corrected chi connectivity index (χ0v) is 12.6. The van der Waals surface area contributed by atoms with E-state index in [4.69, 9.17) is 4.52 Å². The normalized spacial score (nSPS) is 13.7. The van der Waals surface area contributed by atoms with Crippen molar-refractivity contribution >= 4 is 11.7 Å². The Morgan fingerprint density at radius 3 is 2.57 bits per heavy atom. The lowest BCUT2D eigenvalue weighted by atomic mass is 10.1. The molecular weight excluding hydrogens is 299 g/mol. The van der Waals surface area contributed by atoms with Gasteiger partial charge >= 0.3 is 0 Å². The monoisotopic (exact) mass is 316 g/mol. The summed E-state index contributed by atoms with van der Waals surface area (Å²) in [6.45, 7) is 1.66. The summed E-state index contributed by atoms with van der Waals surface area (Å²) >= 11 is 0. The van der Waals surface area contributed by atoms with Gasteiger partial charge in [-0.2, -0.15) is 0 Å². The van der Waals surface area contributed by atoms with Crippen molar-refractivity contribution in [3.05, 3.63) is 41.9 Å². The molecule has 1 aromatic carbocycles. The van der Waals surface area contributed by atoms with Crippen LogP contribution >= 0.6 is 0 Å². The molecule has 0 bridgehead atoms. The third-order valence-electron chi connectivity index (χ3n) is 3.93. The largest absolute Gasteiger partial charge is 0.352 e. The highest BCUT2D eigenvalue weighted by molar-refractivity contribution is 5.94. The van der Waals surface area contributed by atoms with Gasteiger partial charge in [0.15, 0.2) is 0 Å². The highest BCUT2D eigenvalue weighted by atomic mass is 19.1. The van der Waals surface area contributed by atoms with Crippen molar-refractivity contribution < 1.29 is 18.5 Å². The summed E-state index contributed by atoms with van der Waals surface area (Å²) in [5.41, 5.74) is 1.17. The highest BCUT2D eigenvalue weighted by Gasteiger charge is 2.20. The Labute approximate surface area is 133 Å². The average Bonchev–Trinajstić information content (AvgIpc) is 2.96. The van der Waals surface area contributed by atoms with Crippen LogP contribution in [0.15, 0.2) is 34.9 Å². The second kappa shape index (κ2) is 6.73. The van der Waals surface area contributed by atoms with E-state index in [2.05, 4.69) is 5.16 Å². The molecule has 0 aliphatic carbocycles. The molecule has 0 atom stereocenters.